The molecule has 8 nitrogen and oxygen atoms in total. The topological polar surface area (TPSA) is 89.0 Å². The first kappa shape index (κ1) is 25.5. The fourth-order valence-electron chi connectivity index (χ4n) is 5.09. The number of pyridine rings is 1. The number of hydrogen-bond donors (Lipinski definition) is 2. The number of fused-ring (bicyclic) bond motifs is 2. The summed E-state index contributed by atoms with van der Waals surface area (Å²) in [6.45, 7) is 4.33. The molecule has 194 valence electrons. The molecule has 0 aliphatic carbocycles. The number of nitrogens with zero attached hydrogens (tertiary/aromatic N) is 4. The van der Waals surface area contributed by atoms with Gasteiger partial charge in [0.1, 0.15) is 5.82 Å². The number of aliphatic hydroxyl groups excluding tert-OH is 1. The van der Waals surface area contributed by atoms with Crippen LogP contribution in [-0.4, -0.2) is 89.0 Å². The van der Waals surface area contributed by atoms with E-state index in [1.807, 2.05) is 34.1 Å². The number of β-amino-alcohol motifs (C(OH)–C–C–N with tert-alkyl or cyclic N) is 1. The van der Waals surface area contributed by atoms with Crippen LogP contribution < -0.4 is 5.32 Å². The molecule has 0 spiro atoms. The van der Waals surface area contributed by atoms with Crippen LogP contribution >= 0.6 is 11.6 Å². The third-order valence-corrected chi connectivity index (χ3v) is 7.22. The zero-order valence-corrected chi connectivity index (χ0v) is 21.2. The maximum absolute atomic E-state index is 14.1. The molecule has 2 N–H and O–H groups in total. The van der Waals surface area contributed by atoms with Gasteiger partial charge in [-0.1, -0.05) is 29.8 Å². The van der Waals surface area contributed by atoms with Crippen LogP contribution in [0.25, 0.3) is 10.9 Å². The van der Waals surface area contributed by atoms with Crippen LogP contribution in [0.4, 0.5) is 10.1 Å². The highest BCUT2D eigenvalue weighted by Gasteiger charge is 2.30. The van der Waals surface area contributed by atoms with Gasteiger partial charge in [0.05, 0.1) is 29.9 Å². The molecule has 10 heteroatoms. The lowest BCUT2D eigenvalue weighted by molar-refractivity contribution is -0.117. The van der Waals surface area contributed by atoms with Crippen molar-refractivity contribution in [1.29, 1.82) is 0 Å². The smallest absolute Gasteiger partial charge is 0.255 e. The molecule has 0 bridgehead atoms. The van der Waals surface area contributed by atoms with E-state index in [2.05, 4.69) is 10.2 Å². The first-order valence-electron chi connectivity index (χ1n) is 12.4. The van der Waals surface area contributed by atoms with Crippen LogP contribution in [0, 0.1) is 5.82 Å². The fraction of sp³-hybridized carbons (Fsp3) is 0.370. The second kappa shape index (κ2) is 11.1. The van der Waals surface area contributed by atoms with Crippen LogP contribution in [0.2, 0.25) is 5.02 Å². The largest absolute Gasteiger partial charge is 0.395 e. The molecule has 3 aromatic rings. The molecule has 0 saturated carbocycles. The van der Waals surface area contributed by atoms with Gasteiger partial charge < -0.3 is 15.3 Å². The summed E-state index contributed by atoms with van der Waals surface area (Å²) in [6, 6.07) is 11.7. The number of rotatable bonds is 6. The lowest BCUT2D eigenvalue weighted by Gasteiger charge is -2.36. The van der Waals surface area contributed by atoms with Crippen molar-refractivity contribution in [3.05, 3.63) is 70.1 Å². The number of para-hydroxylation sites is 1. The zero-order chi connectivity index (χ0) is 25.9. The molecular weight excluding hydrogens is 497 g/mol. The number of aliphatic hydroxyl groups is 1. The maximum atomic E-state index is 14.1. The Balaban J connectivity index is 1.38. The first-order chi connectivity index (χ1) is 17.9. The van der Waals surface area contributed by atoms with E-state index in [1.54, 1.807) is 0 Å². The lowest BCUT2D eigenvalue weighted by Crippen LogP contribution is -2.49. The van der Waals surface area contributed by atoms with Gasteiger partial charge in [0.15, 0.2) is 0 Å². The van der Waals surface area contributed by atoms with E-state index < -0.39 is 5.82 Å². The molecule has 1 saturated heterocycles. The summed E-state index contributed by atoms with van der Waals surface area (Å²) in [5, 5.41) is 13.0. The van der Waals surface area contributed by atoms with Crippen molar-refractivity contribution in [3.63, 3.8) is 0 Å². The van der Waals surface area contributed by atoms with Crippen molar-refractivity contribution in [2.45, 2.75) is 13.0 Å². The Bertz CT molecular complexity index is 1330. The quantitative estimate of drug-likeness (QED) is 0.514. The summed E-state index contributed by atoms with van der Waals surface area (Å²) in [4.78, 5) is 37.4. The van der Waals surface area contributed by atoms with Crippen LogP contribution in [0.5, 0.6) is 0 Å². The summed E-state index contributed by atoms with van der Waals surface area (Å²) in [5.41, 5.74) is 3.18. The van der Waals surface area contributed by atoms with Gasteiger partial charge >= 0.3 is 0 Å². The van der Waals surface area contributed by atoms with Gasteiger partial charge in [0, 0.05) is 73.9 Å². The Labute approximate surface area is 219 Å². The van der Waals surface area contributed by atoms with E-state index in [1.165, 1.54) is 18.2 Å². The predicted molar refractivity (Wildman–Crippen MR) is 140 cm³/mol. The van der Waals surface area contributed by atoms with Crippen molar-refractivity contribution in [2.24, 2.45) is 0 Å². The number of aromatic nitrogens is 1. The monoisotopic (exact) mass is 525 g/mol. The van der Waals surface area contributed by atoms with E-state index in [9.17, 15) is 19.1 Å². The number of benzene rings is 2. The third kappa shape index (κ3) is 5.60. The molecule has 1 aromatic heterocycles. The second-order valence-corrected chi connectivity index (χ2v) is 9.86. The van der Waals surface area contributed by atoms with Crippen LogP contribution in [0.15, 0.2) is 42.5 Å². The number of amides is 2. The standard InChI is InChI=1S/C27H29ClFN5O3/c28-18-5-6-21(29)24(15-18)31-25(36)17-33-8-7-23-20(16-33)26(19-3-1-2-4-22(19)30-23)27(37)34-11-9-32(10-12-34)13-14-35/h1-6,15,35H,7-14,16-17H2,(H,31,36). The Morgan fingerprint density at radius 2 is 1.84 bits per heavy atom. The van der Waals surface area contributed by atoms with Gasteiger partial charge in [-0.15, -0.1) is 0 Å². The molecule has 3 heterocycles. The molecule has 2 aliphatic heterocycles. The fourth-order valence-corrected chi connectivity index (χ4v) is 5.26. The number of nitrogens with one attached hydrogen (secondary N) is 1. The summed E-state index contributed by atoms with van der Waals surface area (Å²) < 4.78 is 14.1. The zero-order valence-electron chi connectivity index (χ0n) is 20.4. The Hall–Kier alpha value is -3.11. The second-order valence-electron chi connectivity index (χ2n) is 9.42. The molecule has 1 fully saturated rings. The minimum absolute atomic E-state index is 0.0363. The van der Waals surface area contributed by atoms with Gasteiger partial charge in [0.2, 0.25) is 5.91 Å². The molecule has 37 heavy (non-hydrogen) atoms. The number of anilines is 1. The minimum Gasteiger partial charge on any atom is -0.395 e. The van der Waals surface area contributed by atoms with Crippen LogP contribution in [0.1, 0.15) is 21.6 Å². The van der Waals surface area contributed by atoms with E-state index in [4.69, 9.17) is 16.6 Å². The maximum Gasteiger partial charge on any atom is 0.255 e. The number of carbonyl (C=O) groups is 2. The number of halogens is 2. The Morgan fingerprint density at radius 3 is 2.62 bits per heavy atom. The first-order valence-corrected chi connectivity index (χ1v) is 12.8. The average molecular weight is 526 g/mol. The molecule has 0 unspecified atom stereocenters. The summed E-state index contributed by atoms with van der Waals surface area (Å²) in [7, 11) is 0. The van der Waals surface area contributed by atoms with Gasteiger partial charge in [-0.3, -0.25) is 24.4 Å². The van der Waals surface area contributed by atoms with Crippen LogP contribution in [0.3, 0.4) is 0 Å². The summed E-state index contributed by atoms with van der Waals surface area (Å²) in [5.74, 6) is -0.943. The summed E-state index contributed by atoms with van der Waals surface area (Å²) in [6.07, 6.45) is 0.601. The molecule has 2 amide bonds. The third-order valence-electron chi connectivity index (χ3n) is 6.98. The predicted octanol–water partition coefficient (Wildman–Crippen LogP) is 2.77. The normalized spacial score (nSPS) is 16.6. The number of hydrogen-bond acceptors (Lipinski definition) is 6. The van der Waals surface area contributed by atoms with Crippen molar-refractivity contribution in [1.82, 2.24) is 19.7 Å². The van der Waals surface area contributed by atoms with Crippen LogP contribution in [-0.2, 0) is 17.8 Å². The highest BCUT2D eigenvalue weighted by atomic mass is 35.5. The summed E-state index contributed by atoms with van der Waals surface area (Å²) >= 11 is 5.95. The number of piperazine rings is 1. The Morgan fingerprint density at radius 1 is 1.05 bits per heavy atom. The highest BCUT2D eigenvalue weighted by Crippen LogP contribution is 2.30. The molecule has 0 atom stereocenters. The molecule has 2 aromatic carbocycles. The highest BCUT2D eigenvalue weighted by molar-refractivity contribution is 6.30. The number of carbonyl (C=O) groups excluding carboxylic acids is 2. The Kier molecular flexibility index (Phi) is 7.66. The molecule has 5 rings (SSSR count). The lowest BCUT2D eigenvalue weighted by atomic mass is 9.94. The minimum atomic E-state index is -0.552. The van der Waals surface area contributed by atoms with Gasteiger partial charge in [-0.05, 0) is 24.3 Å². The van der Waals surface area contributed by atoms with Crippen molar-refractivity contribution >= 4 is 40.0 Å². The van der Waals surface area contributed by atoms with Crippen molar-refractivity contribution in [2.75, 3.05) is 57.7 Å². The molecule has 2 aliphatic rings. The van der Waals surface area contributed by atoms with Gasteiger partial charge in [-0.25, -0.2) is 4.39 Å². The van der Waals surface area contributed by atoms with E-state index in [0.717, 1.165) is 22.2 Å². The van der Waals surface area contributed by atoms with Gasteiger partial charge in [-0.2, -0.15) is 0 Å². The SMILES string of the molecule is O=C(CN1CCc2nc3ccccc3c(C(=O)N3CCN(CCO)CC3)c2C1)Nc1cc(Cl)ccc1F. The molecule has 0 radical (unpaired) electrons. The van der Waals surface area contributed by atoms with E-state index >= 15 is 0 Å². The van der Waals surface area contributed by atoms with E-state index in [0.29, 0.717) is 62.8 Å². The van der Waals surface area contributed by atoms with Crippen molar-refractivity contribution in [3.8, 4) is 0 Å². The van der Waals surface area contributed by atoms with E-state index in [-0.39, 0.29) is 30.7 Å². The molecular formula is C27H29ClFN5O3. The van der Waals surface area contributed by atoms with Crippen molar-refractivity contribution < 1.29 is 19.1 Å². The average Bonchev–Trinajstić information content (AvgIpc) is 2.89. The van der Waals surface area contributed by atoms with Gasteiger partial charge in [0.25, 0.3) is 5.91 Å².